The fourth-order valence-corrected chi connectivity index (χ4v) is 8.96. The zero-order valence-corrected chi connectivity index (χ0v) is 27.4. The summed E-state index contributed by atoms with van der Waals surface area (Å²) in [6.07, 6.45) is 0. The van der Waals surface area contributed by atoms with Crippen LogP contribution >= 0.6 is 11.3 Å². The van der Waals surface area contributed by atoms with Gasteiger partial charge in [0, 0.05) is 20.2 Å². The summed E-state index contributed by atoms with van der Waals surface area (Å²) in [6.45, 7) is 0. The molecule has 0 bridgehead atoms. The van der Waals surface area contributed by atoms with Gasteiger partial charge < -0.3 is 0 Å². The van der Waals surface area contributed by atoms with Gasteiger partial charge in [0.2, 0.25) is 0 Å². The van der Waals surface area contributed by atoms with Gasteiger partial charge in [0.1, 0.15) is 0 Å². The minimum Gasteiger partial charge on any atom is -0.135 e. The van der Waals surface area contributed by atoms with Gasteiger partial charge in [-0.25, -0.2) is 0 Å². The van der Waals surface area contributed by atoms with Gasteiger partial charge in [0.25, 0.3) is 0 Å². The Bertz CT molecular complexity index is 2910. The van der Waals surface area contributed by atoms with Crippen molar-refractivity contribution in [2.45, 2.75) is 0 Å². The minimum atomic E-state index is 0.522. The van der Waals surface area contributed by atoms with Crippen LogP contribution in [0.2, 0.25) is 0 Å². The summed E-state index contributed by atoms with van der Waals surface area (Å²) in [5.41, 5.74) is 9.61. The van der Waals surface area contributed by atoms with Gasteiger partial charge in [0.05, 0.1) is 2.74 Å². The lowest BCUT2D eigenvalue weighted by atomic mass is 9.84. The van der Waals surface area contributed by atoms with Crippen LogP contribution in [0.5, 0.6) is 0 Å². The highest BCUT2D eigenvalue weighted by molar-refractivity contribution is 7.26. The topological polar surface area (TPSA) is 0 Å². The molecule has 49 heavy (non-hydrogen) atoms. The second-order valence-corrected chi connectivity index (χ2v) is 13.7. The lowest BCUT2D eigenvalue weighted by Crippen LogP contribution is -1.92. The average molecular weight is 641 g/mol. The van der Waals surface area contributed by atoms with Crippen LogP contribution in [0.1, 0.15) is 2.74 Å². The Balaban J connectivity index is 1.20. The Hall–Kier alpha value is -6.02. The fourth-order valence-electron chi connectivity index (χ4n) is 7.70. The maximum absolute atomic E-state index is 8.06. The third kappa shape index (κ3) is 4.51. The van der Waals surface area contributed by atoms with E-state index in [4.69, 9.17) is 2.74 Å². The van der Waals surface area contributed by atoms with Crippen LogP contribution in [-0.4, -0.2) is 0 Å². The molecule has 0 saturated carbocycles. The smallest absolute Gasteiger partial charge is 0.0623 e. The summed E-state index contributed by atoms with van der Waals surface area (Å²) in [5, 5.41) is 9.73. The van der Waals surface area contributed by atoms with Crippen molar-refractivity contribution in [3.8, 4) is 44.5 Å². The summed E-state index contributed by atoms with van der Waals surface area (Å²) >= 11 is 1.85. The van der Waals surface area contributed by atoms with Crippen molar-refractivity contribution in [3.05, 3.63) is 182 Å². The summed E-state index contributed by atoms with van der Waals surface area (Å²) in [7, 11) is 0. The van der Waals surface area contributed by atoms with Crippen molar-refractivity contribution >= 4 is 63.8 Å². The standard InChI is InChI=1S/C48H30S/c1-2-13-33(14-3-1)37-28-29-43(47-42-20-10-11-21-44(42)49-48(37)47)46-40-18-8-6-16-38(40)45(39-17-7-9-19-41(39)46)34-25-22-32(23-26-34)36-27-24-31-12-4-5-15-35(31)30-36/h1-30H/i1D,4D. The van der Waals surface area contributed by atoms with Gasteiger partial charge in [-0.15, -0.1) is 11.3 Å². The molecule has 0 spiro atoms. The number of hydrogen-bond acceptors (Lipinski definition) is 1. The van der Waals surface area contributed by atoms with Crippen LogP contribution in [0.3, 0.4) is 0 Å². The van der Waals surface area contributed by atoms with Crippen LogP contribution in [0.25, 0.3) is 97.0 Å². The van der Waals surface area contributed by atoms with Crippen molar-refractivity contribution in [2.75, 3.05) is 0 Å². The molecule has 10 aromatic rings. The van der Waals surface area contributed by atoms with Gasteiger partial charge >= 0.3 is 0 Å². The first kappa shape index (κ1) is 26.0. The average Bonchev–Trinajstić information content (AvgIpc) is 3.57. The molecule has 9 aromatic carbocycles. The molecule has 0 aliphatic carbocycles. The highest BCUT2D eigenvalue weighted by atomic mass is 32.1. The molecule has 1 heterocycles. The molecular weight excluding hydrogens is 609 g/mol. The van der Waals surface area contributed by atoms with E-state index in [9.17, 15) is 0 Å². The Morgan fingerprint density at radius 1 is 0.367 bits per heavy atom. The Labute approximate surface area is 292 Å². The molecule has 1 heteroatoms. The van der Waals surface area contributed by atoms with E-state index in [1.807, 2.05) is 41.7 Å². The highest BCUT2D eigenvalue weighted by Crippen LogP contribution is 2.50. The van der Waals surface area contributed by atoms with Crippen LogP contribution in [0, 0.1) is 0 Å². The molecule has 0 aliphatic rings. The van der Waals surface area contributed by atoms with Gasteiger partial charge in [-0.05, 0) is 89.0 Å². The Morgan fingerprint density at radius 2 is 0.959 bits per heavy atom. The summed E-state index contributed by atoms with van der Waals surface area (Å²) in [6, 6.07) is 61.4. The van der Waals surface area contributed by atoms with Crippen LogP contribution in [-0.2, 0) is 0 Å². The van der Waals surface area contributed by atoms with Crippen molar-refractivity contribution in [3.63, 3.8) is 0 Å². The van der Waals surface area contributed by atoms with Crippen molar-refractivity contribution in [1.82, 2.24) is 0 Å². The van der Waals surface area contributed by atoms with Crippen molar-refractivity contribution in [1.29, 1.82) is 0 Å². The van der Waals surface area contributed by atoms with Gasteiger partial charge in [-0.1, -0.05) is 170 Å². The van der Waals surface area contributed by atoms with Crippen molar-refractivity contribution in [2.24, 2.45) is 0 Å². The molecule has 0 fully saturated rings. The van der Waals surface area contributed by atoms with Crippen LogP contribution in [0.4, 0.5) is 0 Å². The van der Waals surface area contributed by atoms with Gasteiger partial charge in [0.15, 0.2) is 0 Å². The second kappa shape index (κ2) is 11.3. The van der Waals surface area contributed by atoms with E-state index in [1.165, 1.54) is 80.7 Å². The molecule has 0 aliphatic heterocycles. The maximum atomic E-state index is 8.06. The molecule has 0 N–H and O–H groups in total. The fraction of sp³-hybridized carbons (Fsp3) is 0. The monoisotopic (exact) mass is 640 g/mol. The number of hydrogen-bond donors (Lipinski definition) is 0. The molecular formula is C48H30S. The third-order valence-corrected chi connectivity index (χ3v) is 11.2. The summed E-state index contributed by atoms with van der Waals surface area (Å²) in [5.74, 6) is 0. The third-order valence-electron chi connectivity index (χ3n) is 9.95. The van der Waals surface area contributed by atoms with E-state index >= 15 is 0 Å². The normalized spacial score (nSPS) is 12.2. The van der Waals surface area contributed by atoms with E-state index in [0.29, 0.717) is 12.1 Å². The molecule has 0 saturated heterocycles. The predicted molar refractivity (Wildman–Crippen MR) is 214 cm³/mol. The van der Waals surface area contributed by atoms with E-state index in [2.05, 4.69) is 140 Å². The zero-order valence-electron chi connectivity index (χ0n) is 28.6. The number of rotatable bonds is 4. The van der Waals surface area contributed by atoms with Gasteiger partial charge in [-0.3, -0.25) is 0 Å². The first-order valence-electron chi connectivity index (χ1n) is 17.7. The predicted octanol–water partition coefficient (Wildman–Crippen LogP) is 14.2. The van der Waals surface area contributed by atoms with E-state index < -0.39 is 0 Å². The first-order valence-corrected chi connectivity index (χ1v) is 17.5. The molecule has 0 atom stereocenters. The zero-order chi connectivity index (χ0) is 34.1. The SMILES string of the molecule is [2H]c1ccc(-c2ccc(-c3c4ccccc4c(-c4ccc(-c5ccc6cc([2H])ccc6c5)cc4)c4ccccc34)c3c2sc2ccccc23)cc1. The summed E-state index contributed by atoms with van der Waals surface area (Å²) in [4.78, 5) is 0. The summed E-state index contributed by atoms with van der Waals surface area (Å²) < 4.78 is 18.6. The largest absolute Gasteiger partial charge is 0.135 e. The highest BCUT2D eigenvalue weighted by Gasteiger charge is 2.21. The number of benzene rings is 9. The molecule has 0 nitrogen and oxygen atoms in total. The molecule has 0 unspecified atom stereocenters. The van der Waals surface area contributed by atoms with Crippen LogP contribution in [0.15, 0.2) is 182 Å². The van der Waals surface area contributed by atoms with E-state index in [-0.39, 0.29) is 0 Å². The Morgan fingerprint density at radius 3 is 1.69 bits per heavy atom. The van der Waals surface area contributed by atoms with Crippen LogP contribution < -0.4 is 0 Å². The molecule has 0 radical (unpaired) electrons. The van der Waals surface area contributed by atoms with Gasteiger partial charge in [-0.2, -0.15) is 0 Å². The van der Waals surface area contributed by atoms with Crippen molar-refractivity contribution < 1.29 is 2.74 Å². The minimum absolute atomic E-state index is 0.522. The number of fused-ring (bicyclic) bond motifs is 6. The first-order chi connectivity index (χ1) is 25.1. The van der Waals surface area contributed by atoms with E-state index in [0.717, 1.165) is 16.3 Å². The molecule has 228 valence electrons. The van der Waals surface area contributed by atoms with E-state index in [1.54, 1.807) is 0 Å². The second-order valence-electron chi connectivity index (χ2n) is 12.7. The number of thiophene rings is 1. The Kier molecular flexibility index (Phi) is 6.00. The lowest BCUT2D eigenvalue weighted by molar-refractivity contribution is 1.63. The molecule has 0 amide bonds. The molecule has 1 aromatic heterocycles. The molecule has 10 rings (SSSR count). The quantitative estimate of drug-likeness (QED) is 0.168. The maximum Gasteiger partial charge on any atom is 0.0623 e. The lowest BCUT2D eigenvalue weighted by Gasteiger charge is -2.19.